The minimum Gasteiger partial charge on any atom is -0.480 e. The monoisotopic (exact) mass is 567 g/mol. The fourth-order valence-corrected chi connectivity index (χ4v) is 8.91. The first-order valence-electron chi connectivity index (χ1n) is 11.2. The van der Waals surface area contributed by atoms with Crippen LogP contribution in [-0.4, -0.2) is 50.2 Å². The zero-order chi connectivity index (χ0) is 26.4. The van der Waals surface area contributed by atoms with E-state index in [9.17, 15) is 26.7 Å². The number of carbonyl (C=O) groups is 1. The molecule has 1 fully saturated rings. The number of halogens is 1. The van der Waals surface area contributed by atoms with E-state index in [1.807, 2.05) is 12.1 Å². The lowest BCUT2D eigenvalue weighted by Gasteiger charge is -2.26. The predicted octanol–water partition coefficient (Wildman–Crippen LogP) is 4.22. The van der Waals surface area contributed by atoms with Crippen molar-refractivity contribution in [3.05, 3.63) is 87.1 Å². The number of hydrogen-bond acceptors (Lipinski definition) is 6. The number of hydrogen-bond donors (Lipinski definition) is 2. The summed E-state index contributed by atoms with van der Waals surface area (Å²) >= 11 is 7.01. The van der Waals surface area contributed by atoms with E-state index in [4.69, 9.17) is 11.6 Å². The maximum atomic E-state index is 13.4. The van der Waals surface area contributed by atoms with Crippen molar-refractivity contribution in [1.29, 1.82) is 0 Å². The molecule has 0 saturated heterocycles. The Bertz CT molecular complexity index is 1450. The normalized spacial score (nSPS) is 24.2. The maximum Gasteiger partial charge on any atom is 0.325 e. The van der Waals surface area contributed by atoms with Crippen molar-refractivity contribution in [2.24, 2.45) is 0 Å². The van der Waals surface area contributed by atoms with E-state index in [-0.39, 0.29) is 10.7 Å². The largest absolute Gasteiger partial charge is 0.480 e. The van der Waals surface area contributed by atoms with E-state index >= 15 is 0 Å². The second-order valence-electron chi connectivity index (χ2n) is 9.27. The van der Waals surface area contributed by atoms with Crippen LogP contribution < -0.4 is 4.72 Å². The van der Waals surface area contributed by atoms with Gasteiger partial charge in [-0.05, 0) is 55.2 Å². The number of rotatable bonds is 9. The highest BCUT2D eigenvalue weighted by molar-refractivity contribution is 8.18. The van der Waals surface area contributed by atoms with Gasteiger partial charge in [0.2, 0.25) is 10.0 Å². The second-order valence-corrected chi connectivity index (χ2v) is 15.2. The molecule has 2 aromatic carbocycles. The summed E-state index contributed by atoms with van der Waals surface area (Å²) in [4.78, 5) is 12.6. The Labute approximate surface area is 220 Å². The van der Waals surface area contributed by atoms with Crippen molar-refractivity contribution in [3.8, 4) is 0 Å². The predicted molar refractivity (Wildman–Crippen MR) is 144 cm³/mol. The van der Waals surface area contributed by atoms with Gasteiger partial charge >= 0.3 is 5.97 Å². The van der Waals surface area contributed by atoms with Gasteiger partial charge < -0.3 is 5.11 Å². The van der Waals surface area contributed by atoms with Crippen LogP contribution in [0.5, 0.6) is 0 Å². The average Bonchev–Trinajstić information content (AvgIpc) is 3.47. The molecule has 1 aliphatic heterocycles. The van der Waals surface area contributed by atoms with Crippen LogP contribution in [0.1, 0.15) is 31.4 Å². The zero-order valence-electron chi connectivity index (χ0n) is 19.6. The Morgan fingerprint density at radius 2 is 1.69 bits per heavy atom. The topological polar surface area (TPSA) is 118 Å². The first-order chi connectivity index (χ1) is 16.8. The molecule has 2 aliphatic rings. The fourth-order valence-electron chi connectivity index (χ4n) is 4.44. The Morgan fingerprint density at radius 1 is 1.06 bits per heavy atom. The van der Waals surface area contributed by atoms with Crippen molar-refractivity contribution >= 4 is 54.8 Å². The van der Waals surface area contributed by atoms with E-state index in [1.165, 1.54) is 19.9 Å². The third kappa shape index (κ3) is 4.89. The minimum atomic E-state index is -4.26. The van der Waals surface area contributed by atoms with Gasteiger partial charge in [-0.1, -0.05) is 60.1 Å². The molecule has 2 N–H and O–H groups in total. The molecule has 192 valence electrons. The second kappa shape index (κ2) is 9.64. The van der Waals surface area contributed by atoms with Gasteiger partial charge in [0, 0.05) is 16.2 Å². The van der Waals surface area contributed by atoms with Gasteiger partial charge in [0.25, 0.3) is 0 Å². The Morgan fingerprint density at radius 3 is 2.22 bits per heavy atom. The summed E-state index contributed by atoms with van der Waals surface area (Å²) in [6.45, 7) is 3.05. The third-order valence-electron chi connectivity index (χ3n) is 6.70. The zero-order valence-corrected chi connectivity index (χ0v) is 22.8. The summed E-state index contributed by atoms with van der Waals surface area (Å²) in [6.07, 6.45) is 2.95. The van der Waals surface area contributed by atoms with Crippen molar-refractivity contribution < 1.29 is 26.7 Å². The number of benzene rings is 2. The van der Waals surface area contributed by atoms with Gasteiger partial charge in [0.1, 0.15) is 9.78 Å². The molecule has 0 amide bonds. The summed E-state index contributed by atoms with van der Waals surface area (Å²) < 4.78 is 55.0. The van der Waals surface area contributed by atoms with E-state index in [1.54, 1.807) is 48.5 Å². The van der Waals surface area contributed by atoms with E-state index in [0.717, 1.165) is 22.9 Å². The molecule has 1 aliphatic carbocycles. The summed E-state index contributed by atoms with van der Waals surface area (Å²) in [5.41, 5.74) is -1.15. The van der Waals surface area contributed by atoms with Crippen LogP contribution in [-0.2, 0) is 30.1 Å². The molecule has 0 spiro atoms. The van der Waals surface area contributed by atoms with Crippen LogP contribution in [0.2, 0.25) is 5.02 Å². The fraction of sp³-hybridized carbons (Fsp3) is 0.320. The first kappa shape index (κ1) is 26.9. The summed E-state index contributed by atoms with van der Waals surface area (Å²) in [5, 5.41) is 10.1. The highest BCUT2D eigenvalue weighted by Gasteiger charge is 2.76. The smallest absolute Gasteiger partial charge is 0.325 e. The quantitative estimate of drug-likeness (QED) is 0.466. The molecule has 0 aromatic heterocycles. The number of thioether (sulfide) groups is 1. The van der Waals surface area contributed by atoms with Crippen LogP contribution in [0.15, 0.2) is 71.0 Å². The van der Waals surface area contributed by atoms with Crippen molar-refractivity contribution in [3.63, 3.8) is 0 Å². The molecule has 1 saturated carbocycles. The number of nitrogens with one attached hydrogen (secondary N) is 1. The highest BCUT2D eigenvalue weighted by Crippen LogP contribution is 2.59. The molecule has 2 aromatic rings. The third-order valence-corrected chi connectivity index (χ3v) is 12.4. The molecule has 2 unspecified atom stereocenters. The lowest BCUT2D eigenvalue weighted by atomic mass is 9.92. The van der Waals surface area contributed by atoms with Gasteiger partial charge in [-0.3, -0.25) is 4.79 Å². The van der Waals surface area contributed by atoms with Crippen molar-refractivity contribution in [2.75, 3.05) is 11.5 Å². The van der Waals surface area contributed by atoms with Crippen LogP contribution in [0.25, 0.3) is 5.57 Å². The van der Waals surface area contributed by atoms with Crippen LogP contribution >= 0.6 is 23.4 Å². The van der Waals surface area contributed by atoms with Crippen LogP contribution in [0, 0.1) is 0 Å². The Hall–Kier alpha value is -2.11. The lowest BCUT2D eigenvalue weighted by molar-refractivity contribution is -0.140. The summed E-state index contributed by atoms with van der Waals surface area (Å²) in [5.74, 6) is -1.53. The molecule has 11 heteroatoms. The number of carboxylic acid groups (broad SMARTS) is 1. The maximum absolute atomic E-state index is 13.4. The van der Waals surface area contributed by atoms with Gasteiger partial charge in [-0.2, -0.15) is 4.72 Å². The van der Waals surface area contributed by atoms with Crippen molar-refractivity contribution in [1.82, 2.24) is 4.72 Å². The highest BCUT2D eigenvalue weighted by atomic mass is 35.5. The number of sulfone groups is 1. The molecule has 1 heterocycles. The van der Waals surface area contributed by atoms with E-state index < -0.39 is 47.8 Å². The van der Waals surface area contributed by atoms with Crippen LogP contribution in [0.4, 0.5) is 0 Å². The number of sulfonamides is 1. The van der Waals surface area contributed by atoms with E-state index in [0.29, 0.717) is 16.3 Å². The number of aliphatic carboxylic acids is 1. The molecular formula is C25H26ClNO6S3. The molecule has 2 atom stereocenters. The van der Waals surface area contributed by atoms with Gasteiger partial charge in [-0.25, -0.2) is 16.8 Å². The molecule has 36 heavy (non-hydrogen) atoms. The summed E-state index contributed by atoms with van der Waals surface area (Å²) in [6, 6.07) is 15.6. The minimum absolute atomic E-state index is 0.0265. The van der Waals surface area contributed by atoms with Crippen LogP contribution in [0.3, 0.4) is 0 Å². The molecule has 0 radical (unpaired) electrons. The Kier molecular flexibility index (Phi) is 7.22. The average molecular weight is 568 g/mol. The first-order valence-corrected chi connectivity index (χ1v) is 15.7. The molecule has 7 nitrogen and oxygen atoms in total. The standard InChI is InChI=1S/C25H26ClNO6S3/c1-17(2)35(30,31)16-24(20-6-4-3-5-7-20)15-25(24,23(28)29)27-36(32,33)22-13-10-19(14-34-22)18-8-11-21(26)12-9-18/h3-13,17,27H,14-16H2,1-2H3,(H,28,29). The number of carboxylic acids is 1. The molecular weight excluding hydrogens is 542 g/mol. The number of allylic oxidation sites excluding steroid dienone is 2. The SMILES string of the molecule is CC(C)S(=O)(=O)CC1(c2ccccc2)CC1(NS(=O)(=O)C1=CC=C(c2ccc(Cl)cc2)CS1)C(=O)O. The molecule has 4 rings (SSSR count). The Balaban J connectivity index is 1.69. The molecule has 0 bridgehead atoms. The van der Waals surface area contributed by atoms with E-state index in [2.05, 4.69) is 4.72 Å². The van der Waals surface area contributed by atoms with Gasteiger partial charge in [0.05, 0.1) is 11.0 Å². The lowest BCUT2D eigenvalue weighted by Crippen LogP contribution is -2.51. The van der Waals surface area contributed by atoms with Gasteiger partial charge in [-0.15, -0.1) is 11.8 Å². The summed E-state index contributed by atoms with van der Waals surface area (Å²) in [7, 11) is -7.96. The van der Waals surface area contributed by atoms with Gasteiger partial charge in [0.15, 0.2) is 9.84 Å². The van der Waals surface area contributed by atoms with Crippen molar-refractivity contribution in [2.45, 2.75) is 36.5 Å².